The van der Waals surface area contributed by atoms with Crippen molar-refractivity contribution in [3.8, 4) is 33.9 Å². The van der Waals surface area contributed by atoms with E-state index in [1.807, 2.05) is 31.2 Å². The average Bonchev–Trinajstić information content (AvgIpc) is 3.34. The molecule has 1 amide bonds. The number of hydrogen-bond acceptors (Lipinski definition) is 4. The summed E-state index contributed by atoms with van der Waals surface area (Å²) < 4.78 is 50.9. The van der Waals surface area contributed by atoms with Crippen LogP contribution in [0.4, 0.5) is 23.7 Å². The Balaban J connectivity index is 1.50. The molecule has 0 spiro atoms. The molecule has 0 atom stereocenters. The summed E-state index contributed by atoms with van der Waals surface area (Å²) in [6.07, 6.45) is -2.34. The van der Waals surface area contributed by atoms with Crippen molar-refractivity contribution in [2.24, 2.45) is 0 Å². The fraction of sp³-hybridized carbons (Fsp3) is 0.0833. The zero-order valence-corrected chi connectivity index (χ0v) is 17.2. The summed E-state index contributed by atoms with van der Waals surface area (Å²) in [5.41, 5.74) is 3.07. The first-order valence-corrected chi connectivity index (χ1v) is 9.92. The quantitative estimate of drug-likeness (QED) is 0.411. The Hall–Kier alpha value is -4.27. The van der Waals surface area contributed by atoms with E-state index in [1.165, 1.54) is 30.5 Å². The van der Waals surface area contributed by atoms with Gasteiger partial charge < -0.3 is 14.8 Å². The predicted octanol–water partition coefficient (Wildman–Crippen LogP) is 6.07. The van der Waals surface area contributed by atoms with Crippen LogP contribution in [0.5, 0.6) is 11.5 Å². The molecule has 0 aliphatic carbocycles. The highest BCUT2D eigenvalue weighted by atomic mass is 19.3. The molecule has 1 aliphatic rings. The summed E-state index contributed by atoms with van der Waals surface area (Å²) in [6.45, 7) is 1.94. The molecular weight excluding hydrogens is 435 g/mol. The van der Waals surface area contributed by atoms with Crippen LogP contribution in [0.3, 0.4) is 0 Å². The molecule has 0 saturated carbocycles. The molecule has 1 aromatic heterocycles. The molecule has 3 aromatic carbocycles. The van der Waals surface area contributed by atoms with E-state index in [4.69, 9.17) is 0 Å². The second-order valence-corrected chi connectivity index (χ2v) is 7.44. The van der Waals surface area contributed by atoms with Crippen molar-refractivity contribution in [1.29, 1.82) is 0 Å². The molecule has 0 fully saturated rings. The van der Waals surface area contributed by atoms with Crippen LogP contribution in [0.1, 0.15) is 5.56 Å². The van der Waals surface area contributed by atoms with Gasteiger partial charge in [-0.3, -0.25) is 0 Å². The summed E-state index contributed by atoms with van der Waals surface area (Å²) >= 11 is 0. The predicted molar refractivity (Wildman–Crippen MR) is 115 cm³/mol. The molecule has 5 rings (SSSR count). The Morgan fingerprint density at radius 1 is 0.970 bits per heavy atom. The van der Waals surface area contributed by atoms with Crippen LogP contribution < -0.4 is 14.8 Å². The highest BCUT2D eigenvalue weighted by Gasteiger charge is 2.43. The number of nitrogens with one attached hydrogen (secondary N) is 1. The minimum Gasteiger partial charge on any atom is -0.395 e. The number of anilines is 1. The fourth-order valence-electron chi connectivity index (χ4n) is 3.49. The van der Waals surface area contributed by atoms with Crippen LogP contribution in [0, 0.1) is 12.7 Å². The van der Waals surface area contributed by atoms with Crippen molar-refractivity contribution in [3.63, 3.8) is 0 Å². The second kappa shape index (κ2) is 7.70. The Labute approximate surface area is 186 Å². The highest BCUT2D eigenvalue weighted by Crippen LogP contribution is 2.42. The lowest BCUT2D eigenvalue weighted by molar-refractivity contribution is -0.286. The van der Waals surface area contributed by atoms with Gasteiger partial charge in [0.1, 0.15) is 11.5 Å². The Morgan fingerprint density at radius 2 is 1.70 bits per heavy atom. The monoisotopic (exact) mass is 451 g/mol. The minimum atomic E-state index is -3.76. The molecule has 2 heterocycles. The van der Waals surface area contributed by atoms with Crippen molar-refractivity contribution in [1.82, 2.24) is 9.78 Å². The zero-order valence-electron chi connectivity index (χ0n) is 17.2. The number of carbonyl (C=O) groups excluding carboxylic acids is 1. The number of aromatic nitrogens is 2. The first kappa shape index (κ1) is 20.6. The van der Waals surface area contributed by atoms with Gasteiger partial charge in [0.2, 0.25) is 0 Å². The van der Waals surface area contributed by atoms with Gasteiger partial charge >= 0.3 is 12.3 Å². The SMILES string of the molecule is Cc1ccc(-c2nn(C(=O)Nc3ccc4c(c3)OC(F)(F)O4)cc2-c2ccccc2F)cc1. The molecule has 6 nitrogen and oxygen atoms in total. The third-order valence-corrected chi connectivity index (χ3v) is 5.06. The standard InChI is InChI=1S/C24H16F3N3O3/c1-14-6-8-15(9-7-14)22-18(17-4-2-3-5-19(17)25)13-30(29-22)23(31)28-16-10-11-20-21(12-16)33-24(26,27)32-20/h2-13H,1H3,(H,28,31). The normalized spacial score (nSPS) is 13.7. The maximum Gasteiger partial charge on any atom is 0.586 e. The minimum absolute atomic E-state index is 0.138. The van der Waals surface area contributed by atoms with Gasteiger partial charge in [-0.2, -0.15) is 9.78 Å². The molecule has 0 bridgehead atoms. The number of hydrogen-bond donors (Lipinski definition) is 1. The lowest BCUT2D eigenvalue weighted by Crippen LogP contribution is -2.25. The van der Waals surface area contributed by atoms with E-state index in [-0.39, 0.29) is 22.7 Å². The fourth-order valence-corrected chi connectivity index (χ4v) is 3.49. The van der Waals surface area contributed by atoms with Gasteiger partial charge in [0.25, 0.3) is 0 Å². The van der Waals surface area contributed by atoms with Crippen molar-refractivity contribution < 1.29 is 27.4 Å². The lowest BCUT2D eigenvalue weighted by Gasteiger charge is -2.05. The van der Waals surface area contributed by atoms with Gasteiger partial charge in [0.15, 0.2) is 11.5 Å². The first-order chi connectivity index (χ1) is 15.8. The smallest absolute Gasteiger partial charge is 0.395 e. The third kappa shape index (κ3) is 4.00. The Morgan fingerprint density at radius 3 is 2.45 bits per heavy atom. The molecule has 9 heteroatoms. The van der Waals surface area contributed by atoms with Crippen LogP contribution in [0.2, 0.25) is 0 Å². The number of benzene rings is 3. The van der Waals surface area contributed by atoms with E-state index < -0.39 is 18.1 Å². The van der Waals surface area contributed by atoms with Crippen LogP contribution in [-0.2, 0) is 0 Å². The van der Waals surface area contributed by atoms with Crippen molar-refractivity contribution >= 4 is 11.7 Å². The van der Waals surface area contributed by atoms with Crippen LogP contribution in [-0.4, -0.2) is 22.1 Å². The second-order valence-electron chi connectivity index (χ2n) is 7.44. The topological polar surface area (TPSA) is 65.4 Å². The summed E-state index contributed by atoms with van der Waals surface area (Å²) in [6, 6.07) is 16.9. The van der Waals surface area contributed by atoms with Crippen LogP contribution in [0.15, 0.2) is 72.9 Å². The van der Waals surface area contributed by atoms with E-state index in [0.717, 1.165) is 10.2 Å². The van der Waals surface area contributed by atoms with Crippen LogP contribution >= 0.6 is 0 Å². The van der Waals surface area contributed by atoms with Crippen molar-refractivity contribution in [3.05, 3.63) is 84.3 Å². The molecular formula is C24H16F3N3O3. The molecule has 1 N–H and O–H groups in total. The summed E-state index contributed by atoms with van der Waals surface area (Å²) in [7, 11) is 0. The van der Waals surface area contributed by atoms with Gasteiger partial charge in [-0.25, -0.2) is 9.18 Å². The van der Waals surface area contributed by atoms with Gasteiger partial charge in [0.05, 0.1) is 0 Å². The number of rotatable bonds is 3. The largest absolute Gasteiger partial charge is 0.586 e. The molecule has 166 valence electrons. The number of ether oxygens (including phenoxy) is 2. The number of carbonyl (C=O) groups is 1. The van der Waals surface area contributed by atoms with E-state index in [9.17, 15) is 18.0 Å². The Kier molecular flexibility index (Phi) is 4.81. The van der Waals surface area contributed by atoms with E-state index in [1.54, 1.807) is 18.2 Å². The van der Waals surface area contributed by atoms with Crippen molar-refractivity contribution in [2.45, 2.75) is 13.2 Å². The zero-order chi connectivity index (χ0) is 23.2. The molecule has 1 aliphatic heterocycles. The maximum absolute atomic E-state index is 14.6. The molecule has 4 aromatic rings. The first-order valence-electron chi connectivity index (χ1n) is 9.92. The number of aryl methyl sites for hydroxylation is 1. The van der Waals surface area contributed by atoms with Gasteiger partial charge in [-0.15, -0.1) is 8.78 Å². The van der Waals surface area contributed by atoms with E-state index >= 15 is 0 Å². The van der Waals surface area contributed by atoms with E-state index in [2.05, 4.69) is 19.9 Å². The van der Waals surface area contributed by atoms with Gasteiger partial charge in [0, 0.05) is 34.6 Å². The lowest BCUT2D eigenvalue weighted by atomic mass is 10.0. The molecule has 33 heavy (non-hydrogen) atoms. The van der Waals surface area contributed by atoms with Crippen LogP contribution in [0.25, 0.3) is 22.4 Å². The summed E-state index contributed by atoms with van der Waals surface area (Å²) in [4.78, 5) is 12.9. The number of fused-ring (bicyclic) bond motifs is 1. The summed E-state index contributed by atoms with van der Waals surface area (Å²) in [5, 5.41) is 6.95. The average molecular weight is 451 g/mol. The number of halogens is 3. The maximum atomic E-state index is 14.6. The van der Waals surface area contributed by atoms with Crippen molar-refractivity contribution in [2.75, 3.05) is 5.32 Å². The molecule has 0 radical (unpaired) electrons. The Bertz CT molecular complexity index is 1370. The van der Waals surface area contributed by atoms with E-state index in [0.29, 0.717) is 16.8 Å². The molecule has 0 saturated heterocycles. The highest BCUT2D eigenvalue weighted by molar-refractivity contribution is 5.93. The molecule has 0 unspecified atom stereocenters. The number of alkyl halides is 2. The number of amides is 1. The van der Waals surface area contributed by atoms with Gasteiger partial charge in [-0.05, 0) is 25.1 Å². The third-order valence-electron chi connectivity index (χ3n) is 5.06. The van der Waals surface area contributed by atoms with Gasteiger partial charge in [-0.1, -0.05) is 48.0 Å². The summed E-state index contributed by atoms with van der Waals surface area (Å²) in [5.74, 6) is -0.797. The number of nitrogens with zero attached hydrogens (tertiary/aromatic N) is 2.